The van der Waals surface area contributed by atoms with Crippen molar-refractivity contribution < 1.29 is 6.22 Å². The summed E-state index contributed by atoms with van der Waals surface area (Å²) in [5, 5.41) is 2.99. The number of benzene rings is 1. The van der Waals surface area contributed by atoms with Crippen LogP contribution in [-0.4, -0.2) is 24.9 Å². The zero-order valence-electron chi connectivity index (χ0n) is 13.7. The number of anilines is 1. The van der Waals surface area contributed by atoms with Crippen LogP contribution in [-0.2, 0) is 10.2 Å². The summed E-state index contributed by atoms with van der Waals surface area (Å²) in [6, 6.07) is 6.21. The first-order chi connectivity index (χ1) is 9.73. The summed E-state index contributed by atoms with van der Waals surface area (Å²) in [4.78, 5) is 14.1. The van der Waals surface area contributed by atoms with Crippen LogP contribution < -0.4 is 5.32 Å². The van der Waals surface area contributed by atoms with E-state index in [1.165, 1.54) is 5.57 Å². The van der Waals surface area contributed by atoms with Crippen molar-refractivity contribution >= 4 is 17.3 Å². The van der Waals surface area contributed by atoms with Crippen molar-refractivity contribution in [1.29, 1.82) is 0 Å². The number of fused-ring (bicyclic) bond motifs is 1. The average Bonchev–Trinajstić information content (AvgIpc) is 2.59. The Kier molecular flexibility index (Phi) is 3.95. The molecule has 2 rings (SSSR count). The highest BCUT2D eigenvalue weighted by molar-refractivity contribution is 6.06. The van der Waals surface area contributed by atoms with Crippen LogP contribution >= 0.6 is 0 Å². The third-order valence-corrected chi connectivity index (χ3v) is 3.86. The lowest BCUT2D eigenvalue weighted by molar-refractivity contribution is -0.119. The Morgan fingerprint density at radius 3 is 2.48 bits per heavy atom. The van der Waals surface area contributed by atoms with Gasteiger partial charge in [-0.2, -0.15) is 0 Å². The second kappa shape index (κ2) is 5.40. The van der Waals surface area contributed by atoms with Gasteiger partial charge in [0.1, 0.15) is 0 Å². The highest BCUT2D eigenvalue weighted by Gasteiger charge is 2.38. The minimum atomic E-state index is -0.449. The van der Waals surface area contributed by atoms with Crippen molar-refractivity contribution in [2.75, 3.05) is 19.4 Å². The number of nitrogens with one attached hydrogen (secondary N) is 1. The first-order valence-corrected chi connectivity index (χ1v) is 7.22. The van der Waals surface area contributed by atoms with E-state index in [0.717, 1.165) is 22.5 Å². The van der Waals surface area contributed by atoms with Crippen molar-refractivity contribution in [2.45, 2.75) is 33.1 Å². The van der Waals surface area contributed by atoms with Gasteiger partial charge >= 0.3 is 0 Å². The number of nitrogens with zero attached hydrogens (tertiary/aromatic N) is 1. The zero-order chi connectivity index (χ0) is 15.8. The van der Waals surface area contributed by atoms with E-state index >= 15 is 0 Å². The van der Waals surface area contributed by atoms with Crippen molar-refractivity contribution in [3.63, 3.8) is 0 Å². The number of amides is 1. The molecule has 0 bridgehead atoms. The van der Waals surface area contributed by atoms with Crippen LogP contribution in [0, 0.1) is 0 Å². The molecule has 1 aliphatic heterocycles. The summed E-state index contributed by atoms with van der Waals surface area (Å²) in [6.45, 7) is 8.07. The van der Waals surface area contributed by atoms with Crippen molar-refractivity contribution in [3.05, 3.63) is 47.1 Å². The van der Waals surface area contributed by atoms with E-state index in [-0.39, 0.29) is 7.33 Å². The fraction of sp³-hybridized carbons (Fsp3) is 0.389. The molecule has 3 heteroatoms. The Bertz CT molecular complexity index is 638. The second-order valence-electron chi connectivity index (χ2n) is 6.53. The molecular formula is C18H26N2O. The summed E-state index contributed by atoms with van der Waals surface area (Å²) < 4.78 is 0. The van der Waals surface area contributed by atoms with E-state index in [0.29, 0.717) is 0 Å². The van der Waals surface area contributed by atoms with Gasteiger partial charge in [0.05, 0.1) is 5.41 Å². The van der Waals surface area contributed by atoms with Crippen molar-refractivity contribution in [2.24, 2.45) is 0 Å². The predicted octanol–water partition coefficient (Wildman–Crippen LogP) is 4.03. The maximum Gasteiger partial charge on any atom is 0.234 e. The quantitative estimate of drug-likeness (QED) is 0.851. The molecular weight excluding hydrogens is 260 g/mol. The van der Waals surface area contributed by atoms with Gasteiger partial charge in [-0.05, 0) is 51.0 Å². The largest absolute Gasteiger partial charge is 0.377 e. The lowest BCUT2D eigenvalue weighted by atomic mass is 9.85. The number of carbonyl (C=O) groups excluding carboxylic acids is 1. The molecule has 0 radical (unpaired) electrons. The molecule has 3 nitrogen and oxygen atoms in total. The van der Waals surface area contributed by atoms with Gasteiger partial charge in [0.2, 0.25) is 5.91 Å². The van der Waals surface area contributed by atoms with E-state index in [9.17, 15) is 4.79 Å². The molecule has 0 atom stereocenters. The van der Waals surface area contributed by atoms with Crippen LogP contribution in [0.25, 0.3) is 5.70 Å². The highest BCUT2D eigenvalue weighted by Crippen LogP contribution is 2.38. The smallest absolute Gasteiger partial charge is 0.234 e. The Hall–Kier alpha value is -2.03. The van der Waals surface area contributed by atoms with Gasteiger partial charge in [0.15, 0.2) is 0 Å². The summed E-state index contributed by atoms with van der Waals surface area (Å²) in [5.74, 6) is 0.0642. The molecule has 1 amide bonds. The number of rotatable bonds is 3. The highest BCUT2D eigenvalue weighted by atomic mass is 16.2. The maximum atomic E-state index is 12.0. The molecule has 0 aromatic heterocycles. The fourth-order valence-corrected chi connectivity index (χ4v) is 2.50. The standard InChI is InChI=1S/C18H24N2O.H2/c1-12(2)7-10-16(20(5)6)13-8-9-14-15(11-13)19-17(21)18(14,3)4;/h7-11H,1-6H3,(H,19,21);1H/b16-10-;. The lowest BCUT2D eigenvalue weighted by Gasteiger charge is -2.19. The van der Waals surface area contributed by atoms with Crippen molar-refractivity contribution in [3.8, 4) is 0 Å². The SMILES string of the molecule is CC(C)=C/C=C(/c1ccc2c(c1)NC(=O)C2(C)C)N(C)C.[HH]. The van der Waals surface area contributed by atoms with Gasteiger partial charge in [-0.25, -0.2) is 0 Å². The van der Waals surface area contributed by atoms with Crippen LogP contribution in [0.5, 0.6) is 0 Å². The Morgan fingerprint density at radius 1 is 1.24 bits per heavy atom. The molecule has 1 aliphatic rings. The fourth-order valence-electron chi connectivity index (χ4n) is 2.50. The van der Waals surface area contributed by atoms with Gasteiger partial charge in [0, 0.05) is 26.9 Å². The Labute approximate surface area is 128 Å². The van der Waals surface area contributed by atoms with Gasteiger partial charge < -0.3 is 10.2 Å². The van der Waals surface area contributed by atoms with E-state index in [4.69, 9.17) is 0 Å². The first kappa shape index (κ1) is 15.4. The van der Waals surface area contributed by atoms with Gasteiger partial charge in [-0.15, -0.1) is 0 Å². The number of carbonyl (C=O) groups is 1. The molecule has 21 heavy (non-hydrogen) atoms. The summed E-state index contributed by atoms with van der Waals surface area (Å²) in [5.41, 5.74) is 5.02. The van der Waals surface area contributed by atoms with E-state index in [1.54, 1.807) is 0 Å². The zero-order valence-corrected chi connectivity index (χ0v) is 13.7. The van der Waals surface area contributed by atoms with Gasteiger partial charge in [0.25, 0.3) is 0 Å². The molecule has 0 aliphatic carbocycles. The summed E-state index contributed by atoms with van der Waals surface area (Å²) in [7, 11) is 4.06. The first-order valence-electron chi connectivity index (χ1n) is 7.22. The van der Waals surface area contributed by atoms with E-state index in [2.05, 4.69) is 54.4 Å². The van der Waals surface area contributed by atoms with Crippen LogP contribution in [0.4, 0.5) is 5.69 Å². The third-order valence-electron chi connectivity index (χ3n) is 3.86. The number of allylic oxidation sites excluding steroid dienone is 3. The molecule has 0 fully saturated rings. The Morgan fingerprint density at radius 2 is 1.90 bits per heavy atom. The molecule has 114 valence electrons. The minimum Gasteiger partial charge on any atom is -0.377 e. The molecule has 1 aromatic rings. The van der Waals surface area contributed by atoms with E-state index < -0.39 is 5.41 Å². The normalized spacial score (nSPS) is 16.3. The van der Waals surface area contributed by atoms with Crippen LogP contribution in [0.15, 0.2) is 35.9 Å². The van der Waals surface area contributed by atoms with Crippen LogP contribution in [0.2, 0.25) is 0 Å². The minimum absolute atomic E-state index is 0. The van der Waals surface area contributed by atoms with E-state index in [1.807, 2.05) is 27.9 Å². The second-order valence-corrected chi connectivity index (χ2v) is 6.53. The molecule has 0 saturated carbocycles. The summed E-state index contributed by atoms with van der Waals surface area (Å²) >= 11 is 0. The monoisotopic (exact) mass is 286 g/mol. The topological polar surface area (TPSA) is 32.3 Å². The number of hydrogen-bond donors (Lipinski definition) is 1. The molecule has 1 heterocycles. The molecule has 0 saturated heterocycles. The molecule has 0 unspecified atom stereocenters. The number of hydrogen-bond acceptors (Lipinski definition) is 2. The van der Waals surface area contributed by atoms with Crippen molar-refractivity contribution in [1.82, 2.24) is 4.90 Å². The average molecular weight is 286 g/mol. The third kappa shape index (κ3) is 2.87. The summed E-state index contributed by atoms with van der Waals surface area (Å²) in [6.07, 6.45) is 4.21. The predicted molar refractivity (Wildman–Crippen MR) is 91.3 cm³/mol. The lowest BCUT2D eigenvalue weighted by Crippen LogP contribution is -2.26. The van der Waals surface area contributed by atoms with Crippen LogP contribution in [0.3, 0.4) is 0 Å². The Balaban J connectivity index is 0.00000242. The molecule has 1 N–H and O–H groups in total. The molecule has 1 aromatic carbocycles. The molecule has 0 spiro atoms. The van der Waals surface area contributed by atoms with Gasteiger partial charge in [-0.1, -0.05) is 23.8 Å². The van der Waals surface area contributed by atoms with Gasteiger partial charge in [-0.3, -0.25) is 4.79 Å². The van der Waals surface area contributed by atoms with Crippen LogP contribution in [0.1, 0.15) is 40.2 Å². The maximum absolute atomic E-state index is 12.0.